The Hall–Kier alpha value is -3.27. The lowest BCUT2D eigenvalue weighted by Crippen LogP contribution is -2.48. The summed E-state index contributed by atoms with van der Waals surface area (Å²) < 4.78 is 31.0. The van der Waals surface area contributed by atoms with Gasteiger partial charge >= 0.3 is 12.1 Å². The van der Waals surface area contributed by atoms with Crippen LogP contribution >= 0.6 is 0 Å². The van der Waals surface area contributed by atoms with Crippen molar-refractivity contribution in [3.05, 3.63) is 42.1 Å². The van der Waals surface area contributed by atoms with Crippen LogP contribution in [0.25, 0.3) is 22.3 Å². The van der Waals surface area contributed by atoms with Gasteiger partial charge in [0.15, 0.2) is 5.65 Å². The fraction of sp³-hybridized carbons (Fsp3) is 0.562. The highest BCUT2D eigenvalue weighted by atomic mass is 28.2. The van der Waals surface area contributed by atoms with E-state index in [2.05, 4.69) is 10.4 Å². The van der Waals surface area contributed by atoms with Gasteiger partial charge in [0.05, 0.1) is 29.9 Å². The number of pyridine rings is 1. The lowest BCUT2D eigenvalue weighted by atomic mass is 9.78. The van der Waals surface area contributed by atoms with Gasteiger partial charge in [-0.2, -0.15) is 5.10 Å². The van der Waals surface area contributed by atoms with Crippen molar-refractivity contribution in [1.82, 2.24) is 20.1 Å². The number of amides is 1. The Morgan fingerprint density at radius 1 is 1.04 bits per heavy atom. The number of hydrogen-bond donors (Lipinski definition) is 1. The molecule has 0 fully saturated rings. The van der Waals surface area contributed by atoms with E-state index in [1.54, 1.807) is 17.7 Å². The molecule has 0 spiro atoms. The molecule has 1 atom stereocenters. The first-order valence-corrected chi connectivity index (χ1v) is 17.9. The van der Waals surface area contributed by atoms with Crippen molar-refractivity contribution in [2.75, 3.05) is 19.8 Å². The maximum atomic E-state index is 12.9. The first kappa shape index (κ1) is 36.2. The molecule has 2 heterocycles. The zero-order valence-electron chi connectivity index (χ0n) is 28.0. The third-order valence-corrected chi connectivity index (χ3v) is 8.02. The van der Waals surface area contributed by atoms with Crippen molar-refractivity contribution in [3.63, 3.8) is 0 Å². The minimum atomic E-state index is -0.620. The molecule has 45 heavy (non-hydrogen) atoms. The van der Waals surface area contributed by atoms with Gasteiger partial charge in [-0.05, 0) is 72.8 Å². The van der Waals surface area contributed by atoms with Crippen LogP contribution in [0.15, 0.2) is 36.5 Å². The number of ether oxygens (including phenoxy) is 3. The molecule has 1 aromatic carbocycles. The Balaban J connectivity index is 1.92. The fourth-order valence-electron chi connectivity index (χ4n) is 4.54. The van der Waals surface area contributed by atoms with E-state index in [9.17, 15) is 9.59 Å². The maximum Gasteiger partial charge on any atom is 0.407 e. The number of aromatic nitrogens is 3. The lowest BCUT2D eigenvalue weighted by molar-refractivity contribution is -0.110. The van der Waals surface area contributed by atoms with Gasteiger partial charge in [-0.3, -0.25) is 4.68 Å². The number of carbonyl (C=O) groups is 2. The van der Waals surface area contributed by atoms with E-state index in [1.165, 1.54) is 0 Å². The van der Waals surface area contributed by atoms with Crippen LogP contribution in [0.4, 0.5) is 4.79 Å². The number of carbonyl (C=O) groups excluding carboxylic acids is 2. The van der Waals surface area contributed by atoms with Crippen molar-refractivity contribution in [2.24, 2.45) is 11.3 Å². The molecule has 4 radical (unpaired) electrons. The summed E-state index contributed by atoms with van der Waals surface area (Å²) >= 11 is 0. The molecule has 1 amide bonds. The summed E-state index contributed by atoms with van der Waals surface area (Å²) in [5, 5.41) is 8.15. The van der Waals surface area contributed by atoms with Gasteiger partial charge in [-0.1, -0.05) is 26.0 Å². The molecule has 11 nitrogen and oxygen atoms in total. The van der Waals surface area contributed by atoms with Crippen molar-refractivity contribution >= 4 is 42.6 Å². The summed E-state index contributed by atoms with van der Waals surface area (Å²) in [5.74, 6) is -0.0361. The number of alkyl carbamates (subject to hydrolysis) is 1. The summed E-state index contributed by atoms with van der Waals surface area (Å²) in [6.07, 6.45) is 0.832. The largest absolute Gasteiger partial charge is 0.493 e. The molecular formula is C32H46N4O7Si2. The second-order valence-corrected chi connectivity index (χ2v) is 13.7. The monoisotopic (exact) mass is 654 g/mol. The highest BCUT2D eigenvalue weighted by Crippen LogP contribution is 2.35. The average molecular weight is 655 g/mol. The van der Waals surface area contributed by atoms with Gasteiger partial charge in [0.25, 0.3) is 0 Å². The topological polar surface area (TPSA) is 123 Å². The molecule has 0 saturated carbocycles. The zero-order valence-corrected chi connectivity index (χ0v) is 30.0. The van der Waals surface area contributed by atoms with Gasteiger partial charge < -0.3 is 28.4 Å². The van der Waals surface area contributed by atoms with E-state index < -0.39 is 29.4 Å². The third kappa shape index (κ3) is 9.86. The lowest BCUT2D eigenvalue weighted by Gasteiger charge is -2.40. The molecule has 0 saturated heterocycles. The molecule has 0 aliphatic heterocycles. The summed E-state index contributed by atoms with van der Waals surface area (Å²) in [4.78, 5) is 30.3. The Morgan fingerprint density at radius 2 is 1.73 bits per heavy atom. The highest BCUT2D eigenvalue weighted by molar-refractivity contribution is 6.26. The number of nitrogens with one attached hydrogen (secondary N) is 1. The molecule has 2 aromatic heterocycles. The molecule has 1 unspecified atom stereocenters. The number of esters is 1. The fourth-order valence-corrected chi connectivity index (χ4v) is 5.77. The van der Waals surface area contributed by atoms with E-state index in [0.29, 0.717) is 28.0 Å². The van der Waals surface area contributed by atoms with Crippen LogP contribution < -0.4 is 10.1 Å². The van der Waals surface area contributed by atoms with E-state index >= 15 is 0 Å². The Labute approximate surface area is 271 Å². The van der Waals surface area contributed by atoms with Crippen LogP contribution in [-0.4, -0.2) is 78.0 Å². The maximum absolute atomic E-state index is 12.9. The highest BCUT2D eigenvalue weighted by Gasteiger charge is 2.39. The summed E-state index contributed by atoms with van der Waals surface area (Å²) in [6, 6.07) is 9.35. The van der Waals surface area contributed by atoms with E-state index in [1.807, 2.05) is 92.0 Å². The summed E-state index contributed by atoms with van der Waals surface area (Å²) in [5.41, 5.74) is 1.04. The van der Waals surface area contributed by atoms with Crippen LogP contribution in [-0.2, 0) is 18.3 Å². The number of rotatable bonds is 15. The van der Waals surface area contributed by atoms with Crippen LogP contribution in [0.1, 0.15) is 71.8 Å². The molecule has 13 heteroatoms. The van der Waals surface area contributed by atoms with Crippen molar-refractivity contribution in [2.45, 2.75) is 86.4 Å². The quantitative estimate of drug-likeness (QED) is 0.118. The Bertz CT molecular complexity index is 1430. The third-order valence-electron chi connectivity index (χ3n) is 7.12. The predicted molar refractivity (Wildman–Crippen MR) is 176 cm³/mol. The van der Waals surface area contributed by atoms with Crippen LogP contribution in [0, 0.1) is 11.3 Å². The Morgan fingerprint density at radius 3 is 2.33 bits per heavy atom. The van der Waals surface area contributed by atoms with Crippen LogP contribution in [0.5, 0.6) is 5.75 Å². The molecule has 0 aliphatic carbocycles. The molecule has 0 bridgehead atoms. The minimum Gasteiger partial charge on any atom is -0.493 e. The Kier molecular flexibility index (Phi) is 12.7. The second kappa shape index (κ2) is 15.8. The van der Waals surface area contributed by atoms with Crippen LogP contribution in [0.3, 0.4) is 0 Å². The smallest absolute Gasteiger partial charge is 0.407 e. The molecule has 3 rings (SSSR count). The zero-order chi connectivity index (χ0) is 33.4. The number of hydrogen-bond acceptors (Lipinski definition) is 9. The van der Waals surface area contributed by atoms with Crippen molar-refractivity contribution < 1.29 is 32.7 Å². The average Bonchev–Trinajstić information content (AvgIpc) is 3.40. The first-order chi connectivity index (χ1) is 21.2. The standard InChI is InChI=1S/C32H46N4O7Si2/c1-11-39-28(37)24-16-26(34-27-25(24)18-36(35-27)20(2)3)21-13-12-14-23(15-21)40-19-22(17-33-30(38)41-31(4,5)6)32(7,8)29(42-44-9)43-45-10/h12-16,18,20,22,29H,11,17,19H2,1-10H3,(H,33,38). The SMILES string of the molecule is CCOC(=O)c1cc(-c2cccc(OCC(CNC(=O)OC(C)(C)C)C(C)(C)C(O[Si]C)O[Si]C)c2)nc2nn(C(C)C)cc12. The number of fused-ring (bicyclic) bond motifs is 1. The summed E-state index contributed by atoms with van der Waals surface area (Å²) in [6.45, 7) is 20.1. The molecule has 0 aliphatic rings. The van der Waals surface area contributed by atoms with Gasteiger partial charge in [-0.15, -0.1) is 0 Å². The van der Waals surface area contributed by atoms with Crippen LogP contribution in [0.2, 0.25) is 13.1 Å². The molecule has 244 valence electrons. The number of benzene rings is 1. The molecule has 3 aromatic rings. The first-order valence-electron chi connectivity index (χ1n) is 15.1. The van der Waals surface area contributed by atoms with Gasteiger partial charge in [0.1, 0.15) is 17.6 Å². The minimum absolute atomic E-state index is 0.0995. The molecule has 1 N–H and O–H groups in total. The predicted octanol–water partition coefficient (Wildman–Crippen LogP) is 6.10. The molecular weight excluding hydrogens is 609 g/mol. The van der Waals surface area contributed by atoms with Crippen molar-refractivity contribution in [1.29, 1.82) is 0 Å². The van der Waals surface area contributed by atoms with E-state index in [4.69, 9.17) is 28.0 Å². The van der Waals surface area contributed by atoms with E-state index in [-0.39, 0.29) is 51.2 Å². The van der Waals surface area contributed by atoms with Gasteiger partial charge in [-0.25, -0.2) is 14.6 Å². The summed E-state index contributed by atoms with van der Waals surface area (Å²) in [7, 11) is 0.461. The van der Waals surface area contributed by atoms with Gasteiger partial charge in [0.2, 0.25) is 19.5 Å². The van der Waals surface area contributed by atoms with Gasteiger partial charge in [0, 0.05) is 35.7 Å². The second-order valence-electron chi connectivity index (χ2n) is 12.4. The number of nitrogens with zero attached hydrogens (tertiary/aromatic N) is 3. The van der Waals surface area contributed by atoms with E-state index in [0.717, 1.165) is 5.56 Å². The van der Waals surface area contributed by atoms with Crippen molar-refractivity contribution in [3.8, 4) is 17.0 Å². The normalized spacial score (nSPS) is 12.9.